The molecule has 4 heteroatoms. The van der Waals surface area contributed by atoms with Crippen LogP contribution in [0, 0.1) is 0 Å². The third kappa shape index (κ3) is 4.28. The van der Waals surface area contributed by atoms with Crippen molar-refractivity contribution in [1.82, 2.24) is 0 Å². The van der Waals surface area contributed by atoms with E-state index in [-0.39, 0.29) is 12.5 Å². The summed E-state index contributed by atoms with van der Waals surface area (Å²) in [5.74, 6) is -0.200. The average molecular weight is 250 g/mol. The number of rotatable bonds is 7. The highest BCUT2D eigenvalue weighted by Crippen LogP contribution is 2.21. The summed E-state index contributed by atoms with van der Waals surface area (Å²) in [5, 5.41) is 0. The predicted molar refractivity (Wildman–Crippen MR) is 74.6 cm³/mol. The summed E-state index contributed by atoms with van der Waals surface area (Å²) in [4.78, 5) is 13.6. The van der Waals surface area contributed by atoms with Gasteiger partial charge in [0.1, 0.15) is 6.54 Å². The van der Waals surface area contributed by atoms with Crippen LogP contribution in [0.25, 0.3) is 0 Å². The highest BCUT2D eigenvalue weighted by Gasteiger charge is 2.12. The highest BCUT2D eigenvalue weighted by atomic mass is 16.5. The van der Waals surface area contributed by atoms with Crippen molar-refractivity contribution in [3.05, 3.63) is 24.3 Å². The third-order valence-electron chi connectivity index (χ3n) is 2.74. The smallest absolute Gasteiger partial charge is 0.325 e. The molecular weight excluding hydrogens is 228 g/mol. The quantitative estimate of drug-likeness (QED) is 0.459. The molecule has 0 aromatic heterocycles. The monoisotopic (exact) mass is 250 g/mol. The molecule has 0 unspecified atom stereocenters. The van der Waals surface area contributed by atoms with Crippen molar-refractivity contribution in [3.8, 4) is 0 Å². The van der Waals surface area contributed by atoms with Crippen molar-refractivity contribution in [3.63, 3.8) is 0 Å². The van der Waals surface area contributed by atoms with E-state index in [0.717, 1.165) is 25.1 Å². The molecule has 4 nitrogen and oxygen atoms in total. The fourth-order valence-corrected chi connectivity index (χ4v) is 1.67. The average Bonchev–Trinajstić information content (AvgIpc) is 2.37. The number of carbonyl (C=O) groups excluding carboxylic acids is 1. The molecule has 0 heterocycles. The fourth-order valence-electron chi connectivity index (χ4n) is 1.67. The number of hydrogen-bond donors (Lipinski definition) is 1. The summed E-state index contributed by atoms with van der Waals surface area (Å²) in [5.41, 5.74) is 7.46. The van der Waals surface area contributed by atoms with Crippen molar-refractivity contribution in [2.24, 2.45) is 0 Å². The molecule has 0 aliphatic carbocycles. The maximum absolute atomic E-state index is 11.7. The molecule has 0 aliphatic rings. The molecule has 100 valence electrons. The first-order chi connectivity index (χ1) is 8.69. The van der Waals surface area contributed by atoms with E-state index in [2.05, 4.69) is 6.92 Å². The second-order valence-corrected chi connectivity index (χ2v) is 4.15. The van der Waals surface area contributed by atoms with Gasteiger partial charge < -0.3 is 15.4 Å². The number of carbonyl (C=O) groups is 1. The van der Waals surface area contributed by atoms with Gasteiger partial charge in [0.2, 0.25) is 0 Å². The summed E-state index contributed by atoms with van der Waals surface area (Å²) in [7, 11) is 0. The number of esters is 1. The van der Waals surface area contributed by atoms with Crippen LogP contribution in [-0.2, 0) is 9.53 Å². The number of likely N-dealkylation sites (N-methyl/N-ethyl adjacent to an activating group) is 1. The van der Waals surface area contributed by atoms with Gasteiger partial charge in [-0.3, -0.25) is 4.79 Å². The van der Waals surface area contributed by atoms with Gasteiger partial charge in [-0.1, -0.05) is 25.5 Å². The molecule has 0 saturated heterocycles. The van der Waals surface area contributed by atoms with E-state index in [9.17, 15) is 4.79 Å². The number of para-hydroxylation sites is 2. The van der Waals surface area contributed by atoms with Gasteiger partial charge >= 0.3 is 5.97 Å². The molecule has 2 N–H and O–H groups in total. The Hall–Kier alpha value is -1.71. The first-order valence-electron chi connectivity index (χ1n) is 6.44. The number of benzene rings is 1. The number of nitrogen functional groups attached to an aromatic ring is 1. The minimum Gasteiger partial charge on any atom is -0.464 e. The highest BCUT2D eigenvalue weighted by molar-refractivity contribution is 5.78. The first-order valence-corrected chi connectivity index (χ1v) is 6.44. The number of ether oxygens (including phenoxy) is 1. The Morgan fingerprint density at radius 3 is 2.67 bits per heavy atom. The SMILES string of the molecule is CCCCOC(=O)CN(CC)c1ccccc1N. The fraction of sp³-hybridized carbons (Fsp3) is 0.500. The summed E-state index contributed by atoms with van der Waals surface area (Å²) >= 11 is 0. The molecule has 0 fully saturated rings. The molecule has 18 heavy (non-hydrogen) atoms. The lowest BCUT2D eigenvalue weighted by Gasteiger charge is -2.23. The van der Waals surface area contributed by atoms with Gasteiger partial charge in [0.15, 0.2) is 0 Å². The molecule has 1 aromatic rings. The topological polar surface area (TPSA) is 55.6 Å². The molecule has 0 radical (unpaired) electrons. The van der Waals surface area contributed by atoms with E-state index >= 15 is 0 Å². The molecule has 1 rings (SSSR count). The van der Waals surface area contributed by atoms with Crippen LogP contribution in [0.15, 0.2) is 24.3 Å². The molecule has 0 amide bonds. The van der Waals surface area contributed by atoms with Gasteiger partial charge in [-0.15, -0.1) is 0 Å². The van der Waals surface area contributed by atoms with Crippen LogP contribution >= 0.6 is 0 Å². The van der Waals surface area contributed by atoms with Crippen molar-refractivity contribution in [2.75, 3.05) is 30.3 Å². The lowest BCUT2D eigenvalue weighted by Crippen LogP contribution is -2.31. The van der Waals surface area contributed by atoms with E-state index in [0.29, 0.717) is 12.3 Å². The summed E-state index contributed by atoms with van der Waals surface area (Å²) in [6.45, 7) is 5.52. The molecule has 0 aliphatic heterocycles. The molecule has 0 atom stereocenters. The Bertz CT molecular complexity index is 380. The van der Waals surface area contributed by atoms with E-state index in [1.165, 1.54) is 0 Å². The Morgan fingerprint density at radius 1 is 1.33 bits per heavy atom. The summed E-state index contributed by atoms with van der Waals surface area (Å²) in [6.07, 6.45) is 1.93. The standard InChI is InChI=1S/C14H22N2O2/c1-3-5-10-18-14(17)11-16(4-2)13-9-7-6-8-12(13)15/h6-9H,3-5,10-11,15H2,1-2H3. The normalized spacial score (nSPS) is 10.1. The van der Waals surface area contributed by atoms with Crippen molar-refractivity contribution < 1.29 is 9.53 Å². The van der Waals surface area contributed by atoms with E-state index in [4.69, 9.17) is 10.5 Å². The van der Waals surface area contributed by atoms with Crippen LogP contribution < -0.4 is 10.6 Å². The van der Waals surface area contributed by atoms with Crippen LogP contribution in [0.5, 0.6) is 0 Å². The lowest BCUT2D eigenvalue weighted by atomic mass is 10.2. The largest absolute Gasteiger partial charge is 0.464 e. The van der Waals surface area contributed by atoms with Crippen molar-refractivity contribution >= 4 is 17.3 Å². The van der Waals surface area contributed by atoms with Crippen LogP contribution in [0.4, 0.5) is 11.4 Å². The van der Waals surface area contributed by atoms with Gasteiger partial charge in [-0.05, 0) is 25.5 Å². The van der Waals surface area contributed by atoms with Crippen LogP contribution in [0.2, 0.25) is 0 Å². The second kappa shape index (κ2) is 7.58. The number of hydrogen-bond acceptors (Lipinski definition) is 4. The molecule has 0 saturated carbocycles. The van der Waals surface area contributed by atoms with Crippen LogP contribution in [0.3, 0.4) is 0 Å². The van der Waals surface area contributed by atoms with E-state index < -0.39 is 0 Å². The molecule has 0 bridgehead atoms. The zero-order chi connectivity index (χ0) is 13.4. The predicted octanol–water partition coefficient (Wildman–Crippen LogP) is 2.44. The number of anilines is 2. The van der Waals surface area contributed by atoms with Crippen molar-refractivity contribution in [1.29, 1.82) is 0 Å². The van der Waals surface area contributed by atoms with E-state index in [1.807, 2.05) is 36.1 Å². The van der Waals surface area contributed by atoms with Crippen LogP contribution in [-0.4, -0.2) is 25.7 Å². The van der Waals surface area contributed by atoms with Gasteiger partial charge in [0.25, 0.3) is 0 Å². The van der Waals surface area contributed by atoms with E-state index in [1.54, 1.807) is 0 Å². The zero-order valence-electron chi connectivity index (χ0n) is 11.2. The molecular formula is C14H22N2O2. The maximum atomic E-state index is 11.7. The van der Waals surface area contributed by atoms with Gasteiger partial charge in [0.05, 0.1) is 18.0 Å². The van der Waals surface area contributed by atoms with Crippen LogP contribution in [0.1, 0.15) is 26.7 Å². The minimum atomic E-state index is -0.200. The Morgan fingerprint density at radius 2 is 2.06 bits per heavy atom. The molecule has 1 aromatic carbocycles. The van der Waals surface area contributed by atoms with Gasteiger partial charge in [-0.25, -0.2) is 0 Å². The third-order valence-corrected chi connectivity index (χ3v) is 2.74. The Labute approximate surface area is 109 Å². The summed E-state index contributed by atoms with van der Waals surface area (Å²) < 4.78 is 5.15. The molecule has 0 spiro atoms. The lowest BCUT2D eigenvalue weighted by molar-refractivity contribution is -0.142. The Kier molecular flexibility index (Phi) is 6.05. The maximum Gasteiger partial charge on any atom is 0.325 e. The summed E-state index contributed by atoms with van der Waals surface area (Å²) in [6, 6.07) is 7.54. The minimum absolute atomic E-state index is 0.200. The second-order valence-electron chi connectivity index (χ2n) is 4.15. The number of unbranched alkanes of at least 4 members (excludes halogenated alkanes) is 1. The van der Waals surface area contributed by atoms with Crippen molar-refractivity contribution in [2.45, 2.75) is 26.7 Å². The number of nitrogens with zero attached hydrogens (tertiary/aromatic N) is 1. The Balaban J connectivity index is 2.57. The first kappa shape index (κ1) is 14.4. The zero-order valence-corrected chi connectivity index (χ0v) is 11.2. The van der Waals surface area contributed by atoms with Gasteiger partial charge in [0, 0.05) is 6.54 Å². The van der Waals surface area contributed by atoms with Gasteiger partial charge in [-0.2, -0.15) is 0 Å². The number of nitrogens with two attached hydrogens (primary N) is 1.